The van der Waals surface area contributed by atoms with Gasteiger partial charge in [-0.1, -0.05) is 18.2 Å². The van der Waals surface area contributed by atoms with Crippen LogP contribution in [0.3, 0.4) is 0 Å². The van der Waals surface area contributed by atoms with Gasteiger partial charge in [0.15, 0.2) is 0 Å². The standard InChI is InChI=1S/C22H23N7O/c1-2-8-23-16(4-1)7-9-24-21-14-20(17-5-3-6-19-18(17)15-25-28-19)26-22(27-21)29-10-12-30-13-11-29/h1-6,8,14-15H,7,9-13H2,(H,25,28)(H,24,26,27). The van der Waals surface area contributed by atoms with Crippen molar-refractivity contribution < 1.29 is 4.74 Å². The number of hydrogen-bond donors (Lipinski definition) is 2. The van der Waals surface area contributed by atoms with Crippen LogP contribution < -0.4 is 10.2 Å². The van der Waals surface area contributed by atoms with Crippen molar-refractivity contribution in [2.75, 3.05) is 43.1 Å². The number of morpholine rings is 1. The largest absolute Gasteiger partial charge is 0.378 e. The molecule has 3 aromatic heterocycles. The number of aromatic amines is 1. The normalized spacial score (nSPS) is 14.2. The molecular weight excluding hydrogens is 378 g/mol. The zero-order chi connectivity index (χ0) is 20.2. The van der Waals surface area contributed by atoms with Gasteiger partial charge in [-0.15, -0.1) is 0 Å². The average molecular weight is 401 g/mol. The number of nitrogens with zero attached hydrogens (tertiary/aromatic N) is 5. The highest BCUT2D eigenvalue weighted by atomic mass is 16.5. The SMILES string of the molecule is c1ccc(CCNc2cc(-c3cccc4[nH]ncc34)nc(N3CCOCC3)n2)nc1. The van der Waals surface area contributed by atoms with Crippen LogP contribution in [0.2, 0.25) is 0 Å². The average Bonchev–Trinajstić information content (AvgIpc) is 3.29. The van der Waals surface area contributed by atoms with Crippen LogP contribution in [-0.4, -0.2) is 58.0 Å². The van der Waals surface area contributed by atoms with E-state index in [-0.39, 0.29) is 0 Å². The molecule has 1 saturated heterocycles. The minimum absolute atomic E-state index is 0.688. The predicted octanol–water partition coefficient (Wildman–Crippen LogP) is 2.91. The molecule has 0 atom stereocenters. The third-order valence-electron chi connectivity index (χ3n) is 5.18. The number of pyridine rings is 1. The summed E-state index contributed by atoms with van der Waals surface area (Å²) in [6.07, 6.45) is 4.49. The van der Waals surface area contributed by atoms with Gasteiger partial charge in [-0.3, -0.25) is 10.1 Å². The highest BCUT2D eigenvalue weighted by molar-refractivity contribution is 5.93. The molecule has 1 aromatic carbocycles. The van der Waals surface area contributed by atoms with Crippen molar-refractivity contribution in [3.63, 3.8) is 0 Å². The van der Waals surface area contributed by atoms with E-state index in [1.165, 1.54) is 0 Å². The van der Waals surface area contributed by atoms with Gasteiger partial charge >= 0.3 is 0 Å². The number of rotatable bonds is 6. The molecule has 0 unspecified atom stereocenters. The fourth-order valence-corrected chi connectivity index (χ4v) is 3.62. The lowest BCUT2D eigenvalue weighted by Crippen LogP contribution is -2.37. The number of nitrogens with one attached hydrogen (secondary N) is 2. The van der Waals surface area contributed by atoms with Crippen molar-refractivity contribution in [3.8, 4) is 11.3 Å². The smallest absolute Gasteiger partial charge is 0.228 e. The summed E-state index contributed by atoms with van der Waals surface area (Å²) in [5.74, 6) is 1.52. The van der Waals surface area contributed by atoms with Gasteiger partial charge in [-0.25, -0.2) is 4.98 Å². The van der Waals surface area contributed by atoms with E-state index >= 15 is 0 Å². The molecule has 0 bridgehead atoms. The van der Waals surface area contributed by atoms with Crippen molar-refractivity contribution in [3.05, 3.63) is 60.6 Å². The molecular formula is C22H23N7O. The summed E-state index contributed by atoms with van der Waals surface area (Å²) < 4.78 is 5.50. The molecule has 152 valence electrons. The molecule has 0 aliphatic carbocycles. The van der Waals surface area contributed by atoms with Crippen molar-refractivity contribution in [1.29, 1.82) is 0 Å². The second-order valence-electron chi connectivity index (χ2n) is 7.17. The Labute approximate surface area is 174 Å². The lowest BCUT2D eigenvalue weighted by atomic mass is 10.1. The van der Waals surface area contributed by atoms with E-state index in [1.807, 2.05) is 48.8 Å². The van der Waals surface area contributed by atoms with Crippen molar-refractivity contribution >= 4 is 22.7 Å². The monoisotopic (exact) mass is 401 g/mol. The summed E-state index contributed by atoms with van der Waals surface area (Å²) in [4.78, 5) is 16.2. The van der Waals surface area contributed by atoms with Gasteiger partial charge in [0.05, 0.1) is 30.6 Å². The fraction of sp³-hybridized carbons (Fsp3) is 0.273. The summed E-state index contributed by atoms with van der Waals surface area (Å²) in [6, 6.07) is 14.1. The van der Waals surface area contributed by atoms with E-state index in [0.717, 1.165) is 65.7 Å². The van der Waals surface area contributed by atoms with E-state index in [4.69, 9.17) is 14.7 Å². The number of hydrogen-bond acceptors (Lipinski definition) is 7. The van der Waals surface area contributed by atoms with Gasteiger partial charge in [0, 0.05) is 55.0 Å². The summed E-state index contributed by atoms with van der Waals surface area (Å²) in [6.45, 7) is 3.69. The highest BCUT2D eigenvalue weighted by Gasteiger charge is 2.17. The van der Waals surface area contributed by atoms with Crippen LogP contribution in [0.5, 0.6) is 0 Å². The van der Waals surface area contributed by atoms with Crippen molar-refractivity contribution in [2.24, 2.45) is 0 Å². The van der Waals surface area contributed by atoms with E-state index in [1.54, 1.807) is 0 Å². The number of H-pyrrole nitrogens is 1. The van der Waals surface area contributed by atoms with Crippen LogP contribution in [0.4, 0.5) is 11.8 Å². The van der Waals surface area contributed by atoms with Crippen LogP contribution in [0.15, 0.2) is 54.9 Å². The maximum atomic E-state index is 5.50. The zero-order valence-electron chi connectivity index (χ0n) is 16.6. The third kappa shape index (κ3) is 3.95. The summed E-state index contributed by atoms with van der Waals surface area (Å²) >= 11 is 0. The van der Waals surface area contributed by atoms with E-state index in [9.17, 15) is 0 Å². The molecule has 8 nitrogen and oxygen atoms in total. The Morgan fingerprint density at radius 3 is 2.87 bits per heavy atom. The molecule has 0 amide bonds. The number of fused-ring (bicyclic) bond motifs is 1. The first kappa shape index (κ1) is 18.5. The van der Waals surface area contributed by atoms with Gasteiger partial charge in [0.25, 0.3) is 0 Å². The van der Waals surface area contributed by atoms with Gasteiger partial charge in [-0.05, 0) is 18.2 Å². The van der Waals surface area contributed by atoms with Crippen LogP contribution in [0, 0.1) is 0 Å². The quantitative estimate of drug-likeness (QED) is 0.513. The molecule has 0 radical (unpaired) electrons. The lowest BCUT2D eigenvalue weighted by molar-refractivity contribution is 0.122. The molecule has 4 heterocycles. The minimum Gasteiger partial charge on any atom is -0.378 e. The second-order valence-corrected chi connectivity index (χ2v) is 7.17. The minimum atomic E-state index is 0.688. The van der Waals surface area contributed by atoms with Crippen LogP contribution in [0.25, 0.3) is 22.2 Å². The first-order valence-electron chi connectivity index (χ1n) is 10.1. The Morgan fingerprint density at radius 2 is 2.00 bits per heavy atom. The van der Waals surface area contributed by atoms with E-state index in [0.29, 0.717) is 13.2 Å². The Bertz CT molecular complexity index is 1120. The van der Waals surface area contributed by atoms with Gasteiger partial charge in [0.1, 0.15) is 5.82 Å². The molecule has 1 fully saturated rings. The molecule has 30 heavy (non-hydrogen) atoms. The van der Waals surface area contributed by atoms with E-state index in [2.05, 4.69) is 31.5 Å². The number of anilines is 2. The molecule has 8 heteroatoms. The lowest BCUT2D eigenvalue weighted by Gasteiger charge is -2.27. The van der Waals surface area contributed by atoms with Crippen LogP contribution >= 0.6 is 0 Å². The summed E-state index contributed by atoms with van der Waals surface area (Å²) in [5, 5.41) is 11.7. The maximum Gasteiger partial charge on any atom is 0.228 e. The molecule has 1 aliphatic rings. The topological polar surface area (TPSA) is 91.9 Å². The molecule has 0 spiro atoms. The highest BCUT2D eigenvalue weighted by Crippen LogP contribution is 2.29. The van der Waals surface area contributed by atoms with E-state index < -0.39 is 0 Å². The first-order valence-corrected chi connectivity index (χ1v) is 10.1. The van der Waals surface area contributed by atoms with Crippen LogP contribution in [0.1, 0.15) is 5.69 Å². The number of benzene rings is 1. The zero-order valence-corrected chi connectivity index (χ0v) is 16.6. The number of ether oxygens (including phenoxy) is 1. The van der Waals surface area contributed by atoms with Gasteiger partial charge < -0.3 is 15.0 Å². The number of aromatic nitrogens is 5. The molecule has 0 saturated carbocycles. The molecule has 1 aliphatic heterocycles. The molecule has 5 rings (SSSR count). The fourth-order valence-electron chi connectivity index (χ4n) is 3.62. The Hall–Kier alpha value is -3.52. The Kier molecular flexibility index (Phi) is 5.22. The maximum absolute atomic E-state index is 5.50. The Balaban J connectivity index is 1.46. The second kappa shape index (κ2) is 8.46. The van der Waals surface area contributed by atoms with Crippen molar-refractivity contribution in [1.82, 2.24) is 25.1 Å². The van der Waals surface area contributed by atoms with Gasteiger partial charge in [0.2, 0.25) is 5.95 Å². The molecule has 2 N–H and O–H groups in total. The summed E-state index contributed by atoms with van der Waals surface area (Å²) in [5.41, 5.74) is 3.95. The summed E-state index contributed by atoms with van der Waals surface area (Å²) in [7, 11) is 0. The van der Waals surface area contributed by atoms with Crippen LogP contribution in [-0.2, 0) is 11.2 Å². The molecule has 4 aromatic rings. The Morgan fingerprint density at radius 1 is 1.07 bits per heavy atom. The van der Waals surface area contributed by atoms with Gasteiger partial charge in [-0.2, -0.15) is 10.1 Å². The third-order valence-corrected chi connectivity index (χ3v) is 5.18. The first-order chi connectivity index (χ1) is 14.9. The van der Waals surface area contributed by atoms with Crippen molar-refractivity contribution in [2.45, 2.75) is 6.42 Å². The predicted molar refractivity (Wildman–Crippen MR) is 117 cm³/mol.